The van der Waals surface area contributed by atoms with Crippen LogP contribution in [0.4, 0.5) is 4.39 Å². The van der Waals surface area contributed by atoms with E-state index < -0.39 is 0 Å². The first-order chi connectivity index (χ1) is 13.2. The Balaban J connectivity index is 1.49. The van der Waals surface area contributed by atoms with Crippen LogP contribution in [-0.4, -0.2) is 40.6 Å². The van der Waals surface area contributed by atoms with Gasteiger partial charge in [0.05, 0.1) is 23.5 Å². The van der Waals surface area contributed by atoms with E-state index in [9.17, 15) is 9.18 Å². The van der Waals surface area contributed by atoms with Crippen molar-refractivity contribution in [2.24, 2.45) is 0 Å². The lowest BCUT2D eigenvalue weighted by Crippen LogP contribution is -2.36. The van der Waals surface area contributed by atoms with Crippen LogP contribution in [0.15, 0.2) is 48.0 Å². The zero-order valence-electron chi connectivity index (χ0n) is 14.8. The van der Waals surface area contributed by atoms with E-state index in [1.165, 1.54) is 36.0 Å². The summed E-state index contributed by atoms with van der Waals surface area (Å²) in [5.41, 5.74) is 1.79. The smallest absolute Gasteiger partial charge is 0.255 e. The van der Waals surface area contributed by atoms with Gasteiger partial charge in [-0.15, -0.1) is 11.3 Å². The van der Waals surface area contributed by atoms with Crippen LogP contribution in [0.1, 0.15) is 34.1 Å². The maximum atomic E-state index is 13.2. The van der Waals surface area contributed by atoms with Gasteiger partial charge < -0.3 is 5.32 Å². The summed E-state index contributed by atoms with van der Waals surface area (Å²) in [4.78, 5) is 16.5. The molecule has 0 saturated carbocycles. The third-order valence-electron chi connectivity index (χ3n) is 4.93. The lowest BCUT2D eigenvalue weighted by Gasteiger charge is -2.26. The van der Waals surface area contributed by atoms with Crippen LogP contribution in [0.5, 0.6) is 0 Å². The van der Waals surface area contributed by atoms with Crippen LogP contribution in [0.2, 0.25) is 0 Å². The van der Waals surface area contributed by atoms with E-state index in [4.69, 9.17) is 0 Å². The Labute approximate surface area is 161 Å². The third-order valence-corrected chi connectivity index (χ3v) is 5.90. The lowest BCUT2D eigenvalue weighted by atomic mass is 10.1. The molecule has 1 aliphatic rings. The van der Waals surface area contributed by atoms with Gasteiger partial charge in [0.1, 0.15) is 5.82 Å². The Bertz CT molecular complexity index is 885. The average molecular weight is 384 g/mol. The molecule has 4 rings (SSSR count). The van der Waals surface area contributed by atoms with Gasteiger partial charge in [-0.05, 0) is 61.6 Å². The Morgan fingerprint density at radius 1 is 1.26 bits per heavy atom. The molecule has 1 aliphatic heterocycles. The summed E-state index contributed by atoms with van der Waals surface area (Å²) in [6.07, 6.45) is 3.92. The second-order valence-electron chi connectivity index (χ2n) is 6.65. The van der Waals surface area contributed by atoms with E-state index in [1.807, 2.05) is 6.07 Å². The molecule has 1 atom stereocenters. The number of likely N-dealkylation sites (tertiary alicyclic amines) is 1. The molecule has 3 aromatic rings. The van der Waals surface area contributed by atoms with Gasteiger partial charge >= 0.3 is 0 Å². The number of hydrogen-bond donors (Lipinski definition) is 2. The van der Waals surface area contributed by atoms with E-state index in [1.54, 1.807) is 23.5 Å². The van der Waals surface area contributed by atoms with E-state index in [0.717, 1.165) is 18.7 Å². The maximum Gasteiger partial charge on any atom is 0.255 e. The SMILES string of the molecule is O=C(NCC(c1cccs1)N1CCCC1)c1cn[nH]c1-c1ccc(F)cc1. The van der Waals surface area contributed by atoms with Crippen molar-refractivity contribution in [3.8, 4) is 11.3 Å². The fourth-order valence-corrected chi connectivity index (χ4v) is 4.38. The van der Waals surface area contributed by atoms with Gasteiger partial charge in [0.15, 0.2) is 0 Å². The number of aromatic nitrogens is 2. The second kappa shape index (κ2) is 8.02. The molecule has 1 saturated heterocycles. The molecule has 1 unspecified atom stereocenters. The predicted octanol–water partition coefficient (Wildman–Crippen LogP) is 3.84. The minimum atomic E-state index is -0.311. The molecule has 0 radical (unpaired) electrons. The number of thiophene rings is 1. The van der Waals surface area contributed by atoms with Crippen molar-refractivity contribution in [1.82, 2.24) is 20.4 Å². The number of hydrogen-bond acceptors (Lipinski definition) is 4. The molecular formula is C20H21FN4OS. The number of halogens is 1. The zero-order valence-corrected chi connectivity index (χ0v) is 15.6. The Morgan fingerprint density at radius 3 is 2.74 bits per heavy atom. The topological polar surface area (TPSA) is 61.0 Å². The van der Waals surface area contributed by atoms with Gasteiger partial charge in [-0.2, -0.15) is 5.10 Å². The molecular weight excluding hydrogens is 363 g/mol. The predicted molar refractivity (Wildman–Crippen MR) is 104 cm³/mol. The van der Waals surface area contributed by atoms with Crippen LogP contribution >= 0.6 is 11.3 Å². The highest BCUT2D eigenvalue weighted by Crippen LogP contribution is 2.28. The summed E-state index contributed by atoms with van der Waals surface area (Å²) in [6.45, 7) is 2.67. The minimum absolute atomic E-state index is 0.177. The van der Waals surface area contributed by atoms with Gasteiger partial charge in [-0.1, -0.05) is 6.07 Å². The van der Waals surface area contributed by atoms with Crippen LogP contribution in [0.3, 0.4) is 0 Å². The molecule has 27 heavy (non-hydrogen) atoms. The zero-order chi connectivity index (χ0) is 18.6. The summed E-state index contributed by atoms with van der Waals surface area (Å²) < 4.78 is 13.2. The fourth-order valence-electron chi connectivity index (χ4n) is 3.52. The molecule has 3 heterocycles. The number of amides is 1. The average Bonchev–Trinajstić information content (AvgIpc) is 3.44. The van der Waals surface area contributed by atoms with Gasteiger partial charge in [0, 0.05) is 17.0 Å². The quantitative estimate of drug-likeness (QED) is 0.679. The number of carbonyl (C=O) groups is 1. The largest absolute Gasteiger partial charge is 0.350 e. The Morgan fingerprint density at radius 2 is 2.04 bits per heavy atom. The molecule has 0 bridgehead atoms. The standard InChI is InChI=1S/C20H21FN4OS/c21-15-7-5-14(6-8-15)19-16(12-23-24-19)20(26)22-13-17(18-4-3-11-27-18)25-9-1-2-10-25/h3-8,11-12,17H,1-2,9-10,13H2,(H,22,26)(H,23,24). The van der Waals surface area contributed by atoms with Gasteiger partial charge in [-0.3, -0.25) is 14.8 Å². The van der Waals surface area contributed by atoms with Crippen molar-refractivity contribution in [2.75, 3.05) is 19.6 Å². The van der Waals surface area contributed by atoms with E-state index in [2.05, 4.69) is 31.9 Å². The van der Waals surface area contributed by atoms with E-state index in [0.29, 0.717) is 17.8 Å². The lowest BCUT2D eigenvalue weighted by molar-refractivity contribution is 0.0939. The number of aromatic amines is 1. The molecule has 0 spiro atoms. The van der Waals surface area contributed by atoms with Crippen molar-refractivity contribution in [3.05, 3.63) is 64.2 Å². The van der Waals surface area contributed by atoms with Gasteiger partial charge in [0.2, 0.25) is 0 Å². The van der Waals surface area contributed by atoms with Crippen molar-refractivity contribution in [3.63, 3.8) is 0 Å². The molecule has 1 amide bonds. The molecule has 140 valence electrons. The number of nitrogens with one attached hydrogen (secondary N) is 2. The summed E-state index contributed by atoms with van der Waals surface area (Å²) in [7, 11) is 0. The first-order valence-corrected chi connectivity index (χ1v) is 9.95. The van der Waals surface area contributed by atoms with Crippen molar-refractivity contribution in [1.29, 1.82) is 0 Å². The first-order valence-electron chi connectivity index (χ1n) is 9.07. The van der Waals surface area contributed by atoms with Crippen LogP contribution in [0.25, 0.3) is 11.3 Å². The van der Waals surface area contributed by atoms with Crippen LogP contribution in [-0.2, 0) is 0 Å². The van der Waals surface area contributed by atoms with Crippen LogP contribution < -0.4 is 5.32 Å². The monoisotopic (exact) mass is 384 g/mol. The minimum Gasteiger partial charge on any atom is -0.350 e. The second-order valence-corrected chi connectivity index (χ2v) is 7.63. The number of carbonyl (C=O) groups excluding carboxylic acids is 1. The summed E-state index contributed by atoms with van der Waals surface area (Å²) in [5.74, 6) is -0.488. The molecule has 5 nitrogen and oxygen atoms in total. The molecule has 1 aromatic carbocycles. The van der Waals surface area contributed by atoms with Crippen molar-refractivity contribution >= 4 is 17.2 Å². The number of benzene rings is 1. The fraction of sp³-hybridized carbons (Fsp3) is 0.300. The summed E-state index contributed by atoms with van der Waals surface area (Å²) >= 11 is 1.72. The highest BCUT2D eigenvalue weighted by molar-refractivity contribution is 7.10. The third kappa shape index (κ3) is 3.94. The molecule has 2 N–H and O–H groups in total. The normalized spacial score (nSPS) is 15.7. The Hall–Kier alpha value is -2.51. The Kier molecular flexibility index (Phi) is 5.31. The molecule has 0 aliphatic carbocycles. The van der Waals surface area contributed by atoms with Gasteiger partial charge in [-0.25, -0.2) is 4.39 Å². The van der Waals surface area contributed by atoms with Crippen molar-refractivity contribution in [2.45, 2.75) is 18.9 Å². The van der Waals surface area contributed by atoms with E-state index in [-0.39, 0.29) is 17.8 Å². The number of H-pyrrole nitrogens is 1. The first kappa shape index (κ1) is 17.9. The molecule has 7 heteroatoms. The molecule has 2 aromatic heterocycles. The highest BCUT2D eigenvalue weighted by Gasteiger charge is 2.25. The van der Waals surface area contributed by atoms with Crippen LogP contribution in [0, 0.1) is 5.82 Å². The molecule has 1 fully saturated rings. The van der Waals surface area contributed by atoms with E-state index >= 15 is 0 Å². The summed E-state index contributed by atoms with van der Waals surface area (Å²) in [5, 5.41) is 12.0. The number of nitrogens with zero attached hydrogens (tertiary/aromatic N) is 2. The number of rotatable bonds is 6. The highest BCUT2D eigenvalue weighted by atomic mass is 32.1. The van der Waals surface area contributed by atoms with Gasteiger partial charge in [0.25, 0.3) is 5.91 Å². The van der Waals surface area contributed by atoms with Crippen molar-refractivity contribution < 1.29 is 9.18 Å². The summed E-state index contributed by atoms with van der Waals surface area (Å²) in [6, 6.07) is 10.4. The maximum absolute atomic E-state index is 13.2.